The minimum atomic E-state index is -0.420. The average molecular weight is 323 g/mol. The number of carbonyl (C=O) groups excluding carboxylic acids is 1. The van der Waals surface area contributed by atoms with E-state index in [0.29, 0.717) is 10.4 Å². The predicted octanol–water partition coefficient (Wildman–Crippen LogP) is 2.81. The molecule has 6 heteroatoms. The molecule has 1 amide bonds. The second-order valence-electron chi connectivity index (χ2n) is 3.54. The van der Waals surface area contributed by atoms with Gasteiger partial charge in [0.25, 0.3) is 0 Å². The van der Waals surface area contributed by atoms with Gasteiger partial charge in [0.15, 0.2) is 10.4 Å². The molecule has 1 aromatic carbocycles. The first kappa shape index (κ1) is 13.4. The maximum atomic E-state index is 11.6. The summed E-state index contributed by atoms with van der Waals surface area (Å²) in [4.78, 5) is 11.6. The molecule has 1 aromatic heterocycles. The van der Waals surface area contributed by atoms with Gasteiger partial charge in [0, 0.05) is 5.56 Å². The lowest BCUT2D eigenvalue weighted by molar-refractivity contribution is 0.0926. The molecule has 2 aromatic rings. The van der Waals surface area contributed by atoms with Crippen LogP contribution < -0.4 is 10.2 Å². The molecule has 0 saturated carbocycles. The molecule has 0 aliphatic rings. The number of rotatable bonds is 4. The van der Waals surface area contributed by atoms with Gasteiger partial charge in [-0.15, -0.1) is 0 Å². The molecular weight excluding hydrogens is 312 g/mol. The first-order valence-corrected chi connectivity index (χ1v) is 6.22. The van der Waals surface area contributed by atoms with Crippen molar-refractivity contribution in [3.8, 4) is 5.75 Å². The smallest absolute Gasteiger partial charge is 0.307 e. The zero-order valence-corrected chi connectivity index (χ0v) is 11.7. The minimum Gasteiger partial charge on any atom is -0.496 e. The summed E-state index contributed by atoms with van der Waals surface area (Å²) in [6.45, 7) is 0. The molecule has 0 bridgehead atoms. The van der Waals surface area contributed by atoms with E-state index < -0.39 is 5.91 Å². The molecule has 0 aliphatic heterocycles. The van der Waals surface area contributed by atoms with E-state index in [1.165, 1.54) is 6.21 Å². The number of hydrogen-bond donors (Lipinski definition) is 1. The Morgan fingerprint density at radius 2 is 2.16 bits per heavy atom. The van der Waals surface area contributed by atoms with Crippen LogP contribution in [0.2, 0.25) is 0 Å². The third-order valence-corrected chi connectivity index (χ3v) is 2.73. The number of benzene rings is 1. The van der Waals surface area contributed by atoms with E-state index in [-0.39, 0.29) is 5.76 Å². The number of methoxy groups -OCH3 is 1. The normalized spacial score (nSPS) is 10.6. The highest BCUT2D eigenvalue weighted by Crippen LogP contribution is 2.15. The Balaban J connectivity index is 2.02. The highest BCUT2D eigenvalue weighted by molar-refractivity contribution is 9.10. The van der Waals surface area contributed by atoms with E-state index in [4.69, 9.17) is 9.15 Å². The van der Waals surface area contributed by atoms with Crippen molar-refractivity contribution in [2.24, 2.45) is 5.10 Å². The number of furan rings is 1. The van der Waals surface area contributed by atoms with Gasteiger partial charge in [-0.1, -0.05) is 12.1 Å². The summed E-state index contributed by atoms with van der Waals surface area (Å²) < 4.78 is 10.8. The minimum absolute atomic E-state index is 0.184. The SMILES string of the molecule is COc1ccccc1/C=N/NC(=O)c1ccc(Br)o1. The number of amides is 1. The molecule has 1 heterocycles. The Morgan fingerprint density at radius 1 is 1.37 bits per heavy atom. The monoisotopic (exact) mass is 322 g/mol. The number of hydrazone groups is 1. The molecule has 2 rings (SSSR count). The summed E-state index contributed by atoms with van der Waals surface area (Å²) in [5, 5.41) is 3.86. The largest absolute Gasteiger partial charge is 0.496 e. The van der Waals surface area contributed by atoms with E-state index >= 15 is 0 Å². The van der Waals surface area contributed by atoms with Crippen molar-refractivity contribution < 1.29 is 13.9 Å². The van der Waals surface area contributed by atoms with Crippen molar-refractivity contribution in [3.63, 3.8) is 0 Å². The molecule has 19 heavy (non-hydrogen) atoms. The van der Waals surface area contributed by atoms with Crippen molar-refractivity contribution in [1.29, 1.82) is 0 Å². The van der Waals surface area contributed by atoms with Crippen LogP contribution in [0.25, 0.3) is 0 Å². The lowest BCUT2D eigenvalue weighted by Gasteiger charge is -2.02. The van der Waals surface area contributed by atoms with E-state index in [1.54, 1.807) is 19.2 Å². The first-order chi connectivity index (χ1) is 9.20. The van der Waals surface area contributed by atoms with Crippen LogP contribution in [-0.2, 0) is 0 Å². The number of carbonyl (C=O) groups is 1. The van der Waals surface area contributed by atoms with Gasteiger partial charge in [0.1, 0.15) is 5.75 Å². The molecule has 0 aliphatic carbocycles. The summed E-state index contributed by atoms with van der Waals surface area (Å²) in [5.74, 6) is 0.446. The summed E-state index contributed by atoms with van der Waals surface area (Å²) in [5.41, 5.74) is 3.14. The molecule has 0 atom stereocenters. The molecule has 5 nitrogen and oxygen atoms in total. The second-order valence-corrected chi connectivity index (χ2v) is 4.33. The summed E-state index contributed by atoms with van der Waals surface area (Å²) in [6, 6.07) is 10.5. The maximum Gasteiger partial charge on any atom is 0.307 e. The third-order valence-electron chi connectivity index (χ3n) is 2.31. The van der Waals surface area contributed by atoms with Crippen molar-refractivity contribution in [3.05, 3.63) is 52.4 Å². The maximum absolute atomic E-state index is 11.6. The molecule has 0 unspecified atom stereocenters. The zero-order valence-electron chi connectivity index (χ0n) is 10.1. The van der Waals surface area contributed by atoms with Gasteiger partial charge in [0.05, 0.1) is 13.3 Å². The molecule has 98 valence electrons. The van der Waals surface area contributed by atoms with Crippen LogP contribution in [0.4, 0.5) is 0 Å². The van der Waals surface area contributed by atoms with Gasteiger partial charge in [-0.3, -0.25) is 4.79 Å². The Bertz CT molecular complexity index is 607. The first-order valence-electron chi connectivity index (χ1n) is 5.42. The van der Waals surface area contributed by atoms with Gasteiger partial charge in [-0.25, -0.2) is 5.43 Å². The highest BCUT2D eigenvalue weighted by atomic mass is 79.9. The standard InChI is InChI=1S/C13H11BrN2O3/c1-18-10-5-3-2-4-9(10)8-15-16-13(17)11-6-7-12(14)19-11/h2-8H,1H3,(H,16,17)/b15-8+. The molecule has 0 spiro atoms. The fraction of sp³-hybridized carbons (Fsp3) is 0.0769. The van der Waals surface area contributed by atoms with Crippen LogP contribution in [0.3, 0.4) is 0 Å². The fourth-order valence-electron chi connectivity index (χ4n) is 1.42. The van der Waals surface area contributed by atoms with Gasteiger partial charge >= 0.3 is 5.91 Å². The van der Waals surface area contributed by atoms with Gasteiger partial charge < -0.3 is 9.15 Å². The van der Waals surface area contributed by atoms with Crippen LogP contribution in [0.1, 0.15) is 16.1 Å². The van der Waals surface area contributed by atoms with E-state index in [0.717, 1.165) is 5.56 Å². The van der Waals surface area contributed by atoms with E-state index in [2.05, 4.69) is 26.5 Å². The molecule has 0 fully saturated rings. The Labute approximate surface area is 118 Å². The van der Waals surface area contributed by atoms with Crippen LogP contribution in [-0.4, -0.2) is 19.2 Å². The van der Waals surface area contributed by atoms with Gasteiger partial charge in [-0.2, -0.15) is 5.10 Å². The lowest BCUT2D eigenvalue weighted by atomic mass is 10.2. The number of hydrogen-bond acceptors (Lipinski definition) is 4. The number of halogens is 1. The molecule has 0 saturated heterocycles. The quantitative estimate of drug-likeness (QED) is 0.695. The summed E-state index contributed by atoms with van der Waals surface area (Å²) in [7, 11) is 1.58. The average Bonchev–Trinajstić information content (AvgIpc) is 2.86. The Morgan fingerprint density at radius 3 is 2.84 bits per heavy atom. The topological polar surface area (TPSA) is 63.8 Å². The van der Waals surface area contributed by atoms with Gasteiger partial charge in [0.2, 0.25) is 0 Å². The predicted molar refractivity (Wildman–Crippen MR) is 74.5 cm³/mol. The molecule has 1 N–H and O–H groups in total. The van der Waals surface area contributed by atoms with Crippen molar-refractivity contribution in [2.75, 3.05) is 7.11 Å². The Kier molecular flexibility index (Phi) is 4.35. The molecular formula is C13H11BrN2O3. The van der Waals surface area contributed by atoms with Gasteiger partial charge in [-0.05, 0) is 40.2 Å². The van der Waals surface area contributed by atoms with E-state index in [9.17, 15) is 4.79 Å². The second kappa shape index (κ2) is 6.19. The van der Waals surface area contributed by atoms with Crippen molar-refractivity contribution >= 4 is 28.1 Å². The number of nitrogens with one attached hydrogen (secondary N) is 1. The van der Waals surface area contributed by atoms with Crippen LogP contribution in [0, 0.1) is 0 Å². The third kappa shape index (κ3) is 3.45. The van der Waals surface area contributed by atoms with Crippen LogP contribution in [0.15, 0.2) is 50.6 Å². The highest BCUT2D eigenvalue weighted by Gasteiger charge is 2.08. The van der Waals surface area contributed by atoms with Crippen molar-refractivity contribution in [2.45, 2.75) is 0 Å². The number of ether oxygens (including phenoxy) is 1. The summed E-state index contributed by atoms with van der Waals surface area (Å²) in [6.07, 6.45) is 1.51. The van der Waals surface area contributed by atoms with Crippen LogP contribution >= 0.6 is 15.9 Å². The number of nitrogens with zero attached hydrogens (tertiary/aromatic N) is 1. The van der Waals surface area contributed by atoms with Crippen molar-refractivity contribution in [1.82, 2.24) is 5.43 Å². The molecule has 0 radical (unpaired) electrons. The lowest BCUT2D eigenvalue weighted by Crippen LogP contribution is -2.16. The van der Waals surface area contributed by atoms with E-state index in [1.807, 2.05) is 24.3 Å². The summed E-state index contributed by atoms with van der Waals surface area (Å²) >= 11 is 3.12. The van der Waals surface area contributed by atoms with Crippen LogP contribution in [0.5, 0.6) is 5.75 Å². The zero-order chi connectivity index (χ0) is 13.7. The number of para-hydroxylation sites is 1. The Hall–Kier alpha value is -2.08. The fourth-order valence-corrected chi connectivity index (χ4v) is 1.73.